The number of pyridine rings is 2. The monoisotopic (exact) mass is 449 g/mol. The number of aryl methyl sites for hydroxylation is 2. The molecule has 3 heterocycles. The Morgan fingerprint density at radius 1 is 1.12 bits per heavy atom. The van der Waals surface area contributed by atoms with Crippen LogP contribution in [0.15, 0.2) is 53.5 Å². The van der Waals surface area contributed by atoms with Crippen molar-refractivity contribution >= 4 is 28.6 Å². The van der Waals surface area contributed by atoms with Gasteiger partial charge in [0.2, 0.25) is 5.95 Å². The highest BCUT2D eigenvalue weighted by atomic mass is 35.5. The summed E-state index contributed by atoms with van der Waals surface area (Å²) in [6, 6.07) is 13.3. The minimum atomic E-state index is -0.148. The van der Waals surface area contributed by atoms with E-state index in [1.165, 1.54) is 0 Å². The van der Waals surface area contributed by atoms with E-state index in [9.17, 15) is 4.79 Å². The molecule has 0 aliphatic carbocycles. The fourth-order valence-corrected chi connectivity index (χ4v) is 3.87. The Labute approximate surface area is 191 Å². The number of nitrogens with zero attached hydrogens (tertiary/aromatic N) is 4. The van der Waals surface area contributed by atoms with Gasteiger partial charge >= 0.3 is 0 Å². The maximum atomic E-state index is 13.3. The van der Waals surface area contributed by atoms with Crippen LogP contribution in [0.5, 0.6) is 0 Å². The molecule has 7 nitrogen and oxygen atoms in total. The molecular formula is C24H24ClN5O2. The molecule has 0 spiro atoms. The second kappa shape index (κ2) is 9.46. The first-order valence-electron chi connectivity index (χ1n) is 10.4. The van der Waals surface area contributed by atoms with Crippen LogP contribution in [0.25, 0.3) is 33.4 Å². The van der Waals surface area contributed by atoms with Gasteiger partial charge in [-0.3, -0.25) is 14.3 Å². The molecule has 0 radical (unpaired) electrons. The lowest BCUT2D eigenvalue weighted by molar-refractivity contribution is 0.210. The van der Waals surface area contributed by atoms with Crippen molar-refractivity contribution in [1.29, 1.82) is 0 Å². The summed E-state index contributed by atoms with van der Waals surface area (Å²) in [4.78, 5) is 26.8. The van der Waals surface area contributed by atoms with Crippen molar-refractivity contribution in [3.05, 3.63) is 69.7 Å². The highest BCUT2D eigenvalue weighted by Crippen LogP contribution is 2.31. The van der Waals surface area contributed by atoms with Crippen LogP contribution in [0.4, 0.5) is 5.95 Å². The van der Waals surface area contributed by atoms with Gasteiger partial charge in [-0.1, -0.05) is 29.8 Å². The average molecular weight is 450 g/mol. The molecular weight excluding hydrogens is 426 g/mol. The van der Waals surface area contributed by atoms with E-state index in [-0.39, 0.29) is 5.56 Å². The van der Waals surface area contributed by atoms with Gasteiger partial charge in [0.05, 0.1) is 12.3 Å². The summed E-state index contributed by atoms with van der Waals surface area (Å²) in [5, 5.41) is 4.35. The molecule has 0 saturated carbocycles. The van der Waals surface area contributed by atoms with Gasteiger partial charge in [-0.15, -0.1) is 0 Å². The normalized spacial score (nSPS) is 11.1. The Kier molecular flexibility index (Phi) is 6.48. The molecule has 0 bridgehead atoms. The Hall–Kier alpha value is -3.29. The zero-order valence-electron chi connectivity index (χ0n) is 18.2. The van der Waals surface area contributed by atoms with Gasteiger partial charge in [0.25, 0.3) is 5.56 Å². The first-order chi connectivity index (χ1) is 15.5. The van der Waals surface area contributed by atoms with E-state index in [0.29, 0.717) is 47.4 Å². The van der Waals surface area contributed by atoms with E-state index < -0.39 is 0 Å². The van der Waals surface area contributed by atoms with E-state index in [2.05, 4.69) is 20.3 Å². The van der Waals surface area contributed by atoms with Crippen molar-refractivity contribution in [2.24, 2.45) is 0 Å². The average Bonchev–Trinajstić information content (AvgIpc) is 2.79. The number of anilines is 1. The Balaban J connectivity index is 1.78. The van der Waals surface area contributed by atoms with Crippen LogP contribution in [-0.4, -0.2) is 39.8 Å². The number of hydrogen-bond donors (Lipinski definition) is 1. The van der Waals surface area contributed by atoms with Gasteiger partial charge in [0.1, 0.15) is 5.65 Å². The minimum Gasteiger partial charge on any atom is -0.383 e. The molecule has 0 amide bonds. The first kappa shape index (κ1) is 21.9. The van der Waals surface area contributed by atoms with E-state index in [0.717, 1.165) is 22.3 Å². The van der Waals surface area contributed by atoms with E-state index in [4.69, 9.17) is 16.3 Å². The predicted octanol–water partition coefficient (Wildman–Crippen LogP) is 4.56. The summed E-state index contributed by atoms with van der Waals surface area (Å²) < 4.78 is 6.68. The zero-order chi connectivity index (χ0) is 22.7. The van der Waals surface area contributed by atoms with E-state index >= 15 is 0 Å². The Morgan fingerprint density at radius 3 is 2.69 bits per heavy atom. The van der Waals surface area contributed by atoms with Gasteiger partial charge < -0.3 is 10.1 Å². The molecule has 0 unspecified atom stereocenters. The van der Waals surface area contributed by atoms with Crippen molar-refractivity contribution in [3.8, 4) is 22.4 Å². The molecule has 4 rings (SSSR count). The fourth-order valence-electron chi connectivity index (χ4n) is 3.59. The highest BCUT2D eigenvalue weighted by molar-refractivity contribution is 6.33. The lowest BCUT2D eigenvalue weighted by Crippen LogP contribution is -2.23. The third kappa shape index (κ3) is 4.35. The largest absolute Gasteiger partial charge is 0.383 e. The first-order valence-corrected chi connectivity index (χ1v) is 10.8. The molecule has 3 aromatic heterocycles. The smallest absolute Gasteiger partial charge is 0.260 e. The van der Waals surface area contributed by atoms with Crippen LogP contribution in [0.1, 0.15) is 12.6 Å². The van der Waals surface area contributed by atoms with Gasteiger partial charge in [0, 0.05) is 59.2 Å². The van der Waals surface area contributed by atoms with Gasteiger partial charge in [0.15, 0.2) is 0 Å². The van der Waals surface area contributed by atoms with Crippen molar-refractivity contribution in [3.63, 3.8) is 0 Å². The number of halogens is 1. The number of rotatable bonds is 7. The number of benzene rings is 1. The highest BCUT2D eigenvalue weighted by Gasteiger charge is 2.15. The molecule has 1 N–H and O–H groups in total. The van der Waals surface area contributed by atoms with E-state index in [1.54, 1.807) is 23.9 Å². The van der Waals surface area contributed by atoms with Crippen LogP contribution >= 0.6 is 11.6 Å². The summed E-state index contributed by atoms with van der Waals surface area (Å²) in [5.41, 5.74) is 4.27. The van der Waals surface area contributed by atoms with Crippen molar-refractivity contribution in [1.82, 2.24) is 19.5 Å². The predicted molar refractivity (Wildman–Crippen MR) is 128 cm³/mol. The quantitative estimate of drug-likeness (QED) is 0.416. The molecule has 4 aromatic rings. The molecule has 32 heavy (non-hydrogen) atoms. The SMILES string of the molecule is CCn1c(=O)c(-c2ccc(-c3cccc(C)n3)cc2Cl)cc2cnc(NCCOC)nc21. The maximum absolute atomic E-state index is 13.3. The van der Waals surface area contributed by atoms with Crippen LogP contribution in [0.2, 0.25) is 5.02 Å². The standard InChI is InChI=1S/C24H24ClN5O2/c1-4-30-22-17(14-27-24(29-22)26-10-11-32-3)12-19(23(30)31)18-9-8-16(13-20(18)25)21-7-5-6-15(2)28-21/h5-9,12-14H,4,10-11H2,1-3H3,(H,26,27,29). The number of nitrogens with one attached hydrogen (secondary N) is 1. The number of ether oxygens (including phenoxy) is 1. The summed E-state index contributed by atoms with van der Waals surface area (Å²) >= 11 is 6.64. The number of hydrogen-bond acceptors (Lipinski definition) is 6. The fraction of sp³-hybridized carbons (Fsp3) is 0.250. The molecule has 1 aromatic carbocycles. The third-order valence-electron chi connectivity index (χ3n) is 5.18. The lowest BCUT2D eigenvalue weighted by Gasteiger charge is -2.13. The summed E-state index contributed by atoms with van der Waals surface area (Å²) in [6.07, 6.45) is 1.71. The molecule has 0 saturated heterocycles. The molecule has 164 valence electrons. The van der Waals surface area contributed by atoms with Gasteiger partial charge in [-0.05, 0) is 38.1 Å². The number of methoxy groups -OCH3 is 1. The second-order valence-electron chi connectivity index (χ2n) is 7.36. The van der Waals surface area contributed by atoms with Gasteiger partial charge in [-0.2, -0.15) is 4.98 Å². The number of aromatic nitrogens is 4. The maximum Gasteiger partial charge on any atom is 0.260 e. The molecule has 0 fully saturated rings. The zero-order valence-corrected chi connectivity index (χ0v) is 19.0. The second-order valence-corrected chi connectivity index (χ2v) is 7.77. The van der Waals surface area contributed by atoms with Crippen LogP contribution < -0.4 is 10.9 Å². The third-order valence-corrected chi connectivity index (χ3v) is 5.49. The number of fused-ring (bicyclic) bond motifs is 1. The van der Waals surface area contributed by atoms with Crippen LogP contribution in [0, 0.1) is 6.92 Å². The van der Waals surface area contributed by atoms with Gasteiger partial charge in [-0.25, -0.2) is 4.98 Å². The van der Waals surface area contributed by atoms with Crippen LogP contribution in [-0.2, 0) is 11.3 Å². The van der Waals surface area contributed by atoms with Crippen molar-refractivity contribution in [2.75, 3.05) is 25.6 Å². The molecule has 0 aliphatic rings. The minimum absolute atomic E-state index is 0.148. The summed E-state index contributed by atoms with van der Waals surface area (Å²) in [7, 11) is 1.63. The van der Waals surface area contributed by atoms with Crippen molar-refractivity contribution < 1.29 is 4.74 Å². The summed E-state index contributed by atoms with van der Waals surface area (Å²) in [6.45, 7) is 5.45. The summed E-state index contributed by atoms with van der Waals surface area (Å²) in [5.74, 6) is 0.455. The molecule has 8 heteroatoms. The van der Waals surface area contributed by atoms with Crippen molar-refractivity contribution in [2.45, 2.75) is 20.4 Å². The Bertz CT molecular complexity index is 1340. The molecule has 0 atom stereocenters. The topological polar surface area (TPSA) is 81.9 Å². The molecule has 0 aliphatic heterocycles. The Morgan fingerprint density at radius 2 is 1.97 bits per heavy atom. The van der Waals surface area contributed by atoms with Crippen LogP contribution in [0.3, 0.4) is 0 Å². The van der Waals surface area contributed by atoms with E-state index in [1.807, 2.05) is 50.2 Å². The lowest BCUT2D eigenvalue weighted by atomic mass is 10.0.